The van der Waals surface area contributed by atoms with Crippen LogP contribution in [0.1, 0.15) is 29.9 Å². The number of likely N-dealkylation sites (N-methyl/N-ethyl adjacent to an activating group) is 1. The first kappa shape index (κ1) is 26.2. The Kier molecular flexibility index (Phi) is 7.86. The van der Waals surface area contributed by atoms with Gasteiger partial charge in [0.2, 0.25) is 0 Å². The van der Waals surface area contributed by atoms with E-state index >= 15 is 0 Å². The third-order valence-corrected chi connectivity index (χ3v) is 7.45. The van der Waals surface area contributed by atoms with Gasteiger partial charge in [0.25, 0.3) is 21.5 Å². The molecule has 35 heavy (non-hydrogen) atoms. The molecule has 1 amide bonds. The van der Waals surface area contributed by atoms with Gasteiger partial charge in [-0.3, -0.25) is 19.0 Å². The molecule has 0 saturated heterocycles. The molecule has 2 N–H and O–H groups in total. The summed E-state index contributed by atoms with van der Waals surface area (Å²) in [6, 6.07) is 14.9. The van der Waals surface area contributed by atoms with E-state index in [2.05, 4.69) is 23.9 Å². The standard InChI is InChI=1S/C25H33N5O4S/c1-17(2)22(28(4)5)16-26-24(31)19-11-10-14-21(15-19)35(33,34)27-23-18(3)29(6)30(25(23)32)20-12-8-7-9-13-20/h7-15,17,22,27H,16H2,1-6H3,(H,26,31). The maximum atomic E-state index is 13.2. The van der Waals surface area contributed by atoms with Gasteiger partial charge < -0.3 is 10.2 Å². The Bertz CT molecular complexity index is 1350. The normalized spacial score (nSPS) is 12.7. The maximum absolute atomic E-state index is 13.2. The van der Waals surface area contributed by atoms with E-state index in [1.54, 1.807) is 49.0 Å². The highest BCUT2D eigenvalue weighted by Gasteiger charge is 2.24. The van der Waals surface area contributed by atoms with Crippen molar-refractivity contribution in [1.29, 1.82) is 0 Å². The third-order valence-electron chi connectivity index (χ3n) is 6.10. The van der Waals surface area contributed by atoms with Gasteiger partial charge in [-0.1, -0.05) is 38.1 Å². The average Bonchev–Trinajstić information content (AvgIpc) is 3.02. The first-order valence-electron chi connectivity index (χ1n) is 11.4. The molecular formula is C25H33N5O4S. The number of carbonyl (C=O) groups is 1. The summed E-state index contributed by atoms with van der Waals surface area (Å²) in [6.45, 7) is 6.25. The lowest BCUT2D eigenvalue weighted by molar-refractivity contribution is 0.0934. The number of aromatic nitrogens is 2. The largest absolute Gasteiger partial charge is 0.350 e. The predicted molar refractivity (Wildman–Crippen MR) is 138 cm³/mol. The molecule has 188 valence electrons. The summed E-state index contributed by atoms with van der Waals surface area (Å²) in [4.78, 5) is 27.8. The lowest BCUT2D eigenvalue weighted by Crippen LogP contribution is -2.43. The van der Waals surface area contributed by atoms with Crippen LogP contribution in [0.25, 0.3) is 5.69 Å². The fraction of sp³-hybridized carbons (Fsp3) is 0.360. The van der Waals surface area contributed by atoms with Crippen molar-refractivity contribution in [2.24, 2.45) is 13.0 Å². The summed E-state index contributed by atoms with van der Waals surface area (Å²) in [5, 5.41) is 2.88. The van der Waals surface area contributed by atoms with Gasteiger partial charge in [0.15, 0.2) is 0 Å². The van der Waals surface area contributed by atoms with Crippen LogP contribution in [0.5, 0.6) is 0 Å². The lowest BCUT2D eigenvalue weighted by atomic mass is 10.0. The van der Waals surface area contributed by atoms with Crippen molar-refractivity contribution in [2.75, 3.05) is 25.4 Å². The molecule has 0 aliphatic heterocycles. The summed E-state index contributed by atoms with van der Waals surface area (Å²) in [5.74, 6) is -0.0351. The number of nitrogens with zero attached hydrogens (tertiary/aromatic N) is 3. The number of amides is 1. The molecule has 0 fully saturated rings. The average molecular weight is 500 g/mol. The smallest absolute Gasteiger partial charge is 0.296 e. The van der Waals surface area contributed by atoms with Crippen LogP contribution in [-0.2, 0) is 17.1 Å². The summed E-state index contributed by atoms with van der Waals surface area (Å²) < 4.78 is 31.8. The molecule has 2 aromatic carbocycles. The van der Waals surface area contributed by atoms with Crippen LogP contribution in [0.3, 0.4) is 0 Å². The van der Waals surface area contributed by atoms with E-state index in [9.17, 15) is 18.0 Å². The molecule has 0 aliphatic rings. The minimum atomic E-state index is -4.12. The van der Waals surface area contributed by atoms with E-state index in [4.69, 9.17) is 0 Å². The van der Waals surface area contributed by atoms with Gasteiger partial charge in [-0.05, 0) is 57.3 Å². The molecular weight excluding hydrogens is 466 g/mol. The Hall–Kier alpha value is -3.37. The Labute approximate surface area is 206 Å². The van der Waals surface area contributed by atoms with E-state index in [0.29, 0.717) is 23.8 Å². The highest BCUT2D eigenvalue weighted by Crippen LogP contribution is 2.20. The van der Waals surface area contributed by atoms with Crippen LogP contribution in [0.15, 0.2) is 64.3 Å². The Balaban J connectivity index is 1.86. The molecule has 0 saturated carbocycles. The van der Waals surface area contributed by atoms with Crippen molar-refractivity contribution in [3.8, 4) is 5.69 Å². The zero-order valence-corrected chi connectivity index (χ0v) is 21.8. The molecule has 0 bridgehead atoms. The van der Waals surface area contributed by atoms with Crippen LogP contribution in [-0.4, -0.2) is 55.3 Å². The number of nitrogens with one attached hydrogen (secondary N) is 2. The number of carbonyl (C=O) groups excluding carboxylic acids is 1. The Morgan fingerprint density at radius 3 is 2.31 bits per heavy atom. The van der Waals surface area contributed by atoms with Crippen molar-refractivity contribution in [1.82, 2.24) is 19.6 Å². The number of anilines is 1. The summed E-state index contributed by atoms with van der Waals surface area (Å²) in [7, 11) is 1.46. The highest BCUT2D eigenvalue weighted by molar-refractivity contribution is 7.92. The molecule has 1 atom stereocenters. The van der Waals surface area contributed by atoms with Crippen LogP contribution in [0, 0.1) is 12.8 Å². The van der Waals surface area contributed by atoms with E-state index in [-0.39, 0.29) is 28.1 Å². The third kappa shape index (κ3) is 5.66. The van der Waals surface area contributed by atoms with Crippen molar-refractivity contribution in [3.63, 3.8) is 0 Å². The minimum absolute atomic E-state index is 0.0445. The zero-order valence-electron chi connectivity index (χ0n) is 20.9. The molecule has 1 aromatic heterocycles. The number of para-hydroxylation sites is 1. The molecule has 0 spiro atoms. The van der Waals surface area contributed by atoms with Crippen molar-refractivity contribution in [3.05, 3.63) is 76.2 Å². The van der Waals surface area contributed by atoms with Gasteiger partial charge in [0.05, 0.1) is 16.3 Å². The van der Waals surface area contributed by atoms with E-state index in [1.165, 1.54) is 22.9 Å². The second-order valence-electron chi connectivity index (χ2n) is 9.05. The maximum Gasteiger partial charge on any atom is 0.296 e. The molecule has 9 nitrogen and oxygen atoms in total. The van der Waals surface area contributed by atoms with Gasteiger partial charge >= 0.3 is 0 Å². The fourth-order valence-electron chi connectivity index (χ4n) is 4.00. The number of sulfonamides is 1. The van der Waals surface area contributed by atoms with Gasteiger partial charge in [-0.25, -0.2) is 13.1 Å². The van der Waals surface area contributed by atoms with Crippen LogP contribution in [0.2, 0.25) is 0 Å². The van der Waals surface area contributed by atoms with Crippen molar-refractivity contribution < 1.29 is 13.2 Å². The minimum Gasteiger partial charge on any atom is -0.350 e. The summed E-state index contributed by atoms with van der Waals surface area (Å²) >= 11 is 0. The highest BCUT2D eigenvalue weighted by atomic mass is 32.2. The number of rotatable bonds is 9. The SMILES string of the molecule is Cc1c(NS(=O)(=O)c2cccc(C(=O)NCC(C(C)C)N(C)C)c2)c(=O)n(-c2ccccc2)n1C. The van der Waals surface area contributed by atoms with Gasteiger partial charge in [-0.2, -0.15) is 0 Å². The summed E-state index contributed by atoms with van der Waals surface area (Å²) in [5.41, 5.74) is 0.763. The zero-order chi connectivity index (χ0) is 25.9. The molecule has 1 unspecified atom stereocenters. The second-order valence-corrected chi connectivity index (χ2v) is 10.7. The first-order valence-corrected chi connectivity index (χ1v) is 12.8. The van der Waals surface area contributed by atoms with Crippen LogP contribution < -0.4 is 15.6 Å². The monoisotopic (exact) mass is 499 g/mol. The number of hydrogen-bond acceptors (Lipinski definition) is 5. The van der Waals surface area contributed by atoms with Crippen LogP contribution in [0.4, 0.5) is 5.69 Å². The van der Waals surface area contributed by atoms with E-state index < -0.39 is 15.6 Å². The molecule has 3 rings (SSSR count). The second kappa shape index (κ2) is 10.5. The van der Waals surface area contributed by atoms with Gasteiger partial charge in [0.1, 0.15) is 5.69 Å². The molecule has 3 aromatic rings. The Morgan fingerprint density at radius 2 is 1.71 bits per heavy atom. The lowest BCUT2D eigenvalue weighted by Gasteiger charge is -2.28. The fourth-order valence-corrected chi connectivity index (χ4v) is 5.16. The molecule has 1 heterocycles. The predicted octanol–water partition coefficient (Wildman–Crippen LogP) is 2.60. The van der Waals surface area contributed by atoms with Gasteiger partial charge in [0, 0.05) is 25.2 Å². The van der Waals surface area contributed by atoms with Gasteiger partial charge in [-0.15, -0.1) is 0 Å². The number of benzene rings is 2. The molecule has 0 aliphatic carbocycles. The Morgan fingerprint density at radius 1 is 1.06 bits per heavy atom. The van der Waals surface area contributed by atoms with E-state index in [0.717, 1.165) is 0 Å². The number of hydrogen-bond donors (Lipinski definition) is 2. The first-order chi connectivity index (χ1) is 16.4. The summed E-state index contributed by atoms with van der Waals surface area (Å²) in [6.07, 6.45) is 0. The van der Waals surface area contributed by atoms with Crippen LogP contribution >= 0.6 is 0 Å². The quantitative estimate of drug-likeness (QED) is 0.471. The topological polar surface area (TPSA) is 105 Å². The molecule has 0 radical (unpaired) electrons. The van der Waals surface area contributed by atoms with Crippen molar-refractivity contribution >= 4 is 21.6 Å². The molecule has 10 heteroatoms. The van der Waals surface area contributed by atoms with E-state index in [1.807, 2.05) is 25.1 Å². The van der Waals surface area contributed by atoms with Crippen molar-refractivity contribution in [2.45, 2.75) is 31.7 Å².